The van der Waals surface area contributed by atoms with E-state index < -0.39 is 4.92 Å². The molecule has 6 heteroatoms. The molecule has 2 fully saturated rings. The molecule has 2 aliphatic carbocycles. The van der Waals surface area contributed by atoms with Gasteiger partial charge in [0.1, 0.15) is 0 Å². The number of nitrogens with one attached hydrogen (secondary N) is 1. The number of non-ortho nitro benzene ring substituents is 1. The number of nitrogens with zero attached hydrogens (tertiary/aromatic N) is 1. The molecular weight excluding hydrogens is 304 g/mol. The van der Waals surface area contributed by atoms with Gasteiger partial charge in [0, 0.05) is 18.2 Å². The van der Waals surface area contributed by atoms with Gasteiger partial charge < -0.3 is 5.32 Å². The molecule has 0 aromatic heterocycles. The number of benzene rings is 1. The summed E-state index contributed by atoms with van der Waals surface area (Å²) in [4.78, 5) is 22.7. The molecule has 2 bridgehead atoms. The highest BCUT2D eigenvalue weighted by Crippen LogP contribution is 2.49. The Morgan fingerprint density at radius 1 is 1.41 bits per heavy atom. The maximum Gasteiger partial charge on any atom is 0.270 e. The lowest BCUT2D eigenvalue weighted by Crippen LogP contribution is -2.40. The van der Waals surface area contributed by atoms with Crippen LogP contribution in [0.5, 0.6) is 0 Å². The molecule has 1 N–H and O–H groups in total. The van der Waals surface area contributed by atoms with Crippen LogP contribution >= 0.6 is 11.6 Å². The van der Waals surface area contributed by atoms with Crippen molar-refractivity contribution in [1.82, 2.24) is 5.32 Å². The molecule has 0 unspecified atom stereocenters. The molecule has 0 radical (unpaired) electrons. The van der Waals surface area contributed by atoms with Crippen molar-refractivity contribution in [2.45, 2.75) is 38.6 Å². The zero-order chi connectivity index (χ0) is 15.9. The second-order valence-corrected chi connectivity index (χ2v) is 6.93. The van der Waals surface area contributed by atoms with Crippen molar-refractivity contribution in [2.24, 2.45) is 17.8 Å². The Labute approximate surface area is 134 Å². The number of rotatable bonds is 4. The average molecular weight is 323 g/mol. The van der Waals surface area contributed by atoms with Crippen molar-refractivity contribution in [3.05, 3.63) is 38.9 Å². The van der Waals surface area contributed by atoms with Crippen molar-refractivity contribution in [3.8, 4) is 0 Å². The van der Waals surface area contributed by atoms with Crippen LogP contribution in [-0.2, 0) is 0 Å². The molecule has 0 aliphatic heterocycles. The molecule has 0 saturated heterocycles. The number of carbonyl (C=O) groups excluding carboxylic acids is 1. The molecule has 0 spiro atoms. The highest BCUT2D eigenvalue weighted by atomic mass is 35.5. The van der Waals surface area contributed by atoms with Crippen LogP contribution in [0.15, 0.2) is 18.2 Å². The first kappa shape index (κ1) is 15.3. The summed E-state index contributed by atoms with van der Waals surface area (Å²) in [5.41, 5.74) is 0.0491. The molecule has 22 heavy (non-hydrogen) atoms. The van der Waals surface area contributed by atoms with Gasteiger partial charge in [0.05, 0.1) is 15.5 Å². The van der Waals surface area contributed by atoms with E-state index in [0.717, 1.165) is 5.92 Å². The molecular formula is C16H19ClN2O3. The summed E-state index contributed by atoms with van der Waals surface area (Å²) in [6.07, 6.45) is 5.03. The number of amides is 1. The van der Waals surface area contributed by atoms with E-state index in [9.17, 15) is 14.9 Å². The van der Waals surface area contributed by atoms with Crippen molar-refractivity contribution >= 4 is 23.2 Å². The van der Waals surface area contributed by atoms with Crippen LogP contribution in [0.4, 0.5) is 5.69 Å². The van der Waals surface area contributed by atoms with Gasteiger partial charge in [-0.15, -0.1) is 0 Å². The van der Waals surface area contributed by atoms with Gasteiger partial charge in [0.2, 0.25) is 0 Å². The standard InChI is InChI=1S/C16H19ClN2O3/c1-9(13-7-10-2-3-11(13)6-10)18-16(20)14-8-12(19(21)22)4-5-15(14)17/h4-5,8-11,13H,2-3,6-7H2,1H3,(H,18,20)/t9-,10+,11+,13+/m1/s1. The van der Waals surface area contributed by atoms with Gasteiger partial charge in [0.25, 0.3) is 11.6 Å². The third-order valence-electron chi connectivity index (χ3n) is 5.20. The first-order valence-corrected chi connectivity index (χ1v) is 8.08. The highest BCUT2D eigenvalue weighted by Gasteiger charge is 2.42. The van der Waals surface area contributed by atoms with Gasteiger partial charge in [-0.3, -0.25) is 14.9 Å². The fourth-order valence-corrected chi connectivity index (χ4v) is 4.30. The number of fused-ring (bicyclic) bond motifs is 2. The first-order chi connectivity index (χ1) is 10.5. The summed E-state index contributed by atoms with van der Waals surface area (Å²) in [5.74, 6) is 1.71. The predicted octanol–water partition coefficient (Wildman–Crippen LogP) is 3.80. The molecule has 2 saturated carbocycles. The number of halogens is 1. The Morgan fingerprint density at radius 3 is 2.77 bits per heavy atom. The van der Waals surface area contributed by atoms with E-state index in [4.69, 9.17) is 11.6 Å². The molecule has 1 aromatic carbocycles. The Balaban J connectivity index is 1.71. The maximum absolute atomic E-state index is 12.4. The summed E-state index contributed by atoms with van der Waals surface area (Å²) < 4.78 is 0. The van der Waals surface area contributed by atoms with Gasteiger partial charge in [-0.05, 0) is 50.0 Å². The maximum atomic E-state index is 12.4. The number of carbonyl (C=O) groups is 1. The van der Waals surface area contributed by atoms with Crippen LogP contribution < -0.4 is 5.32 Å². The second kappa shape index (κ2) is 5.88. The summed E-state index contributed by atoms with van der Waals surface area (Å²) >= 11 is 6.02. The topological polar surface area (TPSA) is 72.2 Å². The van der Waals surface area contributed by atoms with Crippen molar-refractivity contribution in [2.75, 3.05) is 0 Å². The number of nitro benzene ring substituents is 1. The molecule has 118 valence electrons. The summed E-state index contributed by atoms with van der Waals surface area (Å²) in [6, 6.07) is 4.01. The molecule has 4 atom stereocenters. The minimum absolute atomic E-state index is 0.0677. The van der Waals surface area contributed by atoms with E-state index in [0.29, 0.717) is 11.8 Å². The lowest BCUT2D eigenvalue weighted by atomic mass is 9.84. The minimum Gasteiger partial charge on any atom is -0.349 e. The summed E-state index contributed by atoms with van der Waals surface area (Å²) in [6.45, 7) is 2.02. The second-order valence-electron chi connectivity index (χ2n) is 6.52. The largest absolute Gasteiger partial charge is 0.349 e. The minimum atomic E-state index is -0.521. The Kier molecular flexibility index (Phi) is 4.08. The average Bonchev–Trinajstić information content (AvgIpc) is 3.09. The van der Waals surface area contributed by atoms with Crippen LogP contribution in [-0.4, -0.2) is 16.9 Å². The molecule has 1 aromatic rings. The van der Waals surface area contributed by atoms with Crippen molar-refractivity contribution in [1.29, 1.82) is 0 Å². The van der Waals surface area contributed by atoms with E-state index in [2.05, 4.69) is 5.32 Å². The Morgan fingerprint density at radius 2 is 2.18 bits per heavy atom. The van der Waals surface area contributed by atoms with E-state index in [-0.39, 0.29) is 28.2 Å². The van der Waals surface area contributed by atoms with Gasteiger partial charge in [-0.2, -0.15) is 0 Å². The van der Waals surface area contributed by atoms with Crippen LogP contribution in [0, 0.1) is 27.9 Å². The van der Waals surface area contributed by atoms with Crippen molar-refractivity contribution < 1.29 is 9.72 Å². The number of hydrogen-bond donors (Lipinski definition) is 1. The molecule has 5 nitrogen and oxygen atoms in total. The van der Waals surface area contributed by atoms with E-state index in [1.807, 2.05) is 6.92 Å². The highest BCUT2D eigenvalue weighted by molar-refractivity contribution is 6.33. The summed E-state index contributed by atoms with van der Waals surface area (Å²) in [7, 11) is 0. The molecule has 1 amide bonds. The van der Waals surface area contributed by atoms with Crippen molar-refractivity contribution in [3.63, 3.8) is 0 Å². The van der Waals surface area contributed by atoms with Crippen LogP contribution in [0.3, 0.4) is 0 Å². The van der Waals surface area contributed by atoms with Gasteiger partial charge >= 0.3 is 0 Å². The van der Waals surface area contributed by atoms with Crippen LogP contribution in [0.1, 0.15) is 43.0 Å². The van der Waals surface area contributed by atoms with Gasteiger partial charge in [0.15, 0.2) is 0 Å². The molecule has 3 rings (SSSR count). The fourth-order valence-electron chi connectivity index (χ4n) is 4.10. The Hall–Kier alpha value is -1.62. The van der Waals surface area contributed by atoms with E-state index >= 15 is 0 Å². The zero-order valence-corrected chi connectivity index (χ0v) is 13.2. The first-order valence-electron chi connectivity index (χ1n) is 7.70. The Bertz CT molecular complexity index is 619. The lowest BCUT2D eigenvalue weighted by Gasteiger charge is -2.28. The third-order valence-corrected chi connectivity index (χ3v) is 5.53. The summed E-state index contributed by atoms with van der Waals surface area (Å²) in [5, 5.41) is 14.1. The van der Waals surface area contributed by atoms with Gasteiger partial charge in [-0.25, -0.2) is 0 Å². The zero-order valence-electron chi connectivity index (χ0n) is 12.4. The van der Waals surface area contributed by atoms with Gasteiger partial charge in [-0.1, -0.05) is 18.0 Å². The SMILES string of the molecule is C[C@@H](NC(=O)c1cc([N+](=O)[O-])ccc1Cl)[C@@H]1C[C@H]2CC[C@H]1C2. The lowest BCUT2D eigenvalue weighted by molar-refractivity contribution is -0.384. The van der Waals surface area contributed by atoms with Crippen LogP contribution in [0.25, 0.3) is 0 Å². The fraction of sp³-hybridized carbons (Fsp3) is 0.562. The van der Waals surface area contributed by atoms with E-state index in [1.165, 1.54) is 43.9 Å². The third kappa shape index (κ3) is 2.82. The smallest absolute Gasteiger partial charge is 0.270 e. The van der Waals surface area contributed by atoms with Crippen LogP contribution in [0.2, 0.25) is 5.02 Å². The predicted molar refractivity (Wildman–Crippen MR) is 84.0 cm³/mol. The molecule has 0 heterocycles. The molecule has 2 aliphatic rings. The quantitative estimate of drug-likeness (QED) is 0.677. The number of hydrogen-bond acceptors (Lipinski definition) is 3. The normalized spacial score (nSPS) is 27.6. The van der Waals surface area contributed by atoms with E-state index in [1.54, 1.807) is 0 Å². The monoisotopic (exact) mass is 322 g/mol. The number of nitro groups is 1.